The molecule has 0 aromatic rings. The Morgan fingerprint density at radius 1 is 1.14 bits per heavy atom. The molecule has 2 heterocycles. The highest BCUT2D eigenvalue weighted by Crippen LogP contribution is 2.15. The minimum absolute atomic E-state index is 0.0218. The Hall–Kier alpha value is -2.19. The van der Waals surface area contributed by atoms with Gasteiger partial charge in [-0.2, -0.15) is 0 Å². The number of aliphatic hydroxyl groups is 1. The van der Waals surface area contributed by atoms with Crippen LogP contribution in [-0.2, 0) is 14.4 Å². The van der Waals surface area contributed by atoms with E-state index in [0.717, 1.165) is 0 Å². The SMILES string of the molecule is C=CC(=O)N1CCN(C(C)C/C=C/C(=O)N2CCN(C(C)C)C(=O)C2)C(O)C1. The van der Waals surface area contributed by atoms with E-state index in [-0.39, 0.29) is 42.9 Å². The second-order valence-electron chi connectivity index (χ2n) is 7.63. The molecule has 1 N–H and O–H groups in total. The van der Waals surface area contributed by atoms with Gasteiger partial charge >= 0.3 is 0 Å². The quantitative estimate of drug-likeness (QED) is 0.646. The van der Waals surface area contributed by atoms with Crippen molar-refractivity contribution >= 4 is 17.7 Å². The summed E-state index contributed by atoms with van der Waals surface area (Å²) in [5.74, 6) is -0.360. The summed E-state index contributed by atoms with van der Waals surface area (Å²) in [4.78, 5) is 43.0. The van der Waals surface area contributed by atoms with Crippen LogP contribution < -0.4 is 0 Å². The number of nitrogens with zero attached hydrogens (tertiary/aromatic N) is 4. The summed E-state index contributed by atoms with van der Waals surface area (Å²) in [6.07, 6.45) is 4.42. The van der Waals surface area contributed by atoms with Gasteiger partial charge in [-0.15, -0.1) is 0 Å². The normalized spacial score (nSPS) is 22.8. The van der Waals surface area contributed by atoms with Gasteiger partial charge in [-0.05, 0) is 39.3 Å². The van der Waals surface area contributed by atoms with Crippen molar-refractivity contribution in [1.29, 1.82) is 0 Å². The van der Waals surface area contributed by atoms with E-state index < -0.39 is 6.23 Å². The highest BCUT2D eigenvalue weighted by Gasteiger charge is 2.30. The molecule has 2 saturated heterocycles. The Balaban J connectivity index is 1.81. The molecular formula is C20H32N4O4. The maximum atomic E-state index is 12.3. The average molecular weight is 393 g/mol. The fraction of sp³-hybridized carbons (Fsp3) is 0.650. The van der Waals surface area contributed by atoms with Crippen molar-refractivity contribution < 1.29 is 19.5 Å². The molecule has 28 heavy (non-hydrogen) atoms. The van der Waals surface area contributed by atoms with Crippen LogP contribution in [0.5, 0.6) is 0 Å². The van der Waals surface area contributed by atoms with Gasteiger partial charge in [0.1, 0.15) is 12.8 Å². The van der Waals surface area contributed by atoms with E-state index in [0.29, 0.717) is 32.6 Å². The first-order chi connectivity index (χ1) is 13.2. The molecule has 0 aliphatic carbocycles. The van der Waals surface area contributed by atoms with Gasteiger partial charge in [0.15, 0.2) is 0 Å². The molecule has 2 aliphatic rings. The molecule has 0 aromatic heterocycles. The Bertz CT molecular complexity index is 634. The summed E-state index contributed by atoms with van der Waals surface area (Å²) < 4.78 is 0. The van der Waals surface area contributed by atoms with Crippen molar-refractivity contribution in [2.45, 2.75) is 45.5 Å². The molecule has 0 radical (unpaired) electrons. The zero-order valence-corrected chi connectivity index (χ0v) is 17.1. The molecule has 0 bridgehead atoms. The molecule has 2 aliphatic heterocycles. The topological polar surface area (TPSA) is 84.4 Å². The number of hydrogen-bond donors (Lipinski definition) is 1. The van der Waals surface area contributed by atoms with Crippen LogP contribution in [0.2, 0.25) is 0 Å². The lowest BCUT2D eigenvalue weighted by Crippen LogP contribution is -2.56. The van der Waals surface area contributed by atoms with Crippen molar-refractivity contribution in [2.75, 3.05) is 39.3 Å². The van der Waals surface area contributed by atoms with Crippen LogP contribution >= 0.6 is 0 Å². The minimum Gasteiger partial charge on any atom is -0.376 e. The lowest BCUT2D eigenvalue weighted by Gasteiger charge is -2.41. The molecular weight excluding hydrogens is 360 g/mol. The molecule has 0 aromatic carbocycles. The number of rotatable bonds is 6. The van der Waals surface area contributed by atoms with Gasteiger partial charge in [-0.1, -0.05) is 12.7 Å². The third-order valence-corrected chi connectivity index (χ3v) is 5.38. The van der Waals surface area contributed by atoms with E-state index >= 15 is 0 Å². The first-order valence-electron chi connectivity index (χ1n) is 9.84. The van der Waals surface area contributed by atoms with E-state index in [2.05, 4.69) is 6.58 Å². The maximum absolute atomic E-state index is 12.3. The molecule has 2 unspecified atom stereocenters. The van der Waals surface area contributed by atoms with Crippen LogP contribution in [-0.4, -0.2) is 100 Å². The molecule has 0 saturated carbocycles. The number of amides is 3. The number of carbonyl (C=O) groups is 3. The zero-order valence-electron chi connectivity index (χ0n) is 17.1. The molecule has 156 valence electrons. The Kier molecular flexibility index (Phi) is 7.77. The lowest BCUT2D eigenvalue weighted by atomic mass is 10.1. The number of piperazine rings is 2. The molecule has 0 spiro atoms. The summed E-state index contributed by atoms with van der Waals surface area (Å²) in [5, 5.41) is 10.3. The van der Waals surface area contributed by atoms with Gasteiger partial charge in [0.05, 0.1) is 6.54 Å². The van der Waals surface area contributed by atoms with Crippen LogP contribution in [0.25, 0.3) is 0 Å². The van der Waals surface area contributed by atoms with E-state index in [1.807, 2.05) is 25.7 Å². The maximum Gasteiger partial charge on any atom is 0.246 e. The minimum atomic E-state index is -0.738. The van der Waals surface area contributed by atoms with Gasteiger partial charge in [-0.3, -0.25) is 19.3 Å². The summed E-state index contributed by atoms with van der Waals surface area (Å²) in [6, 6.07) is 0.175. The van der Waals surface area contributed by atoms with Gasteiger partial charge in [-0.25, -0.2) is 0 Å². The van der Waals surface area contributed by atoms with Gasteiger partial charge < -0.3 is 19.8 Å². The smallest absolute Gasteiger partial charge is 0.246 e. The van der Waals surface area contributed by atoms with Gasteiger partial charge in [0, 0.05) is 38.3 Å². The lowest BCUT2D eigenvalue weighted by molar-refractivity contribution is -0.144. The van der Waals surface area contributed by atoms with Gasteiger partial charge in [0.2, 0.25) is 17.7 Å². The van der Waals surface area contributed by atoms with Crippen molar-refractivity contribution in [3.63, 3.8) is 0 Å². The van der Waals surface area contributed by atoms with Gasteiger partial charge in [0.25, 0.3) is 0 Å². The number of hydrogen-bond acceptors (Lipinski definition) is 5. The monoisotopic (exact) mass is 392 g/mol. The molecule has 8 nitrogen and oxygen atoms in total. The van der Waals surface area contributed by atoms with Crippen molar-refractivity contribution in [1.82, 2.24) is 19.6 Å². The van der Waals surface area contributed by atoms with E-state index in [9.17, 15) is 19.5 Å². The second-order valence-corrected chi connectivity index (χ2v) is 7.63. The van der Waals surface area contributed by atoms with Crippen LogP contribution in [0.1, 0.15) is 27.2 Å². The fourth-order valence-electron chi connectivity index (χ4n) is 3.65. The van der Waals surface area contributed by atoms with Crippen LogP contribution in [0.4, 0.5) is 0 Å². The van der Waals surface area contributed by atoms with Crippen molar-refractivity contribution in [3.05, 3.63) is 24.8 Å². The van der Waals surface area contributed by atoms with Crippen LogP contribution in [0, 0.1) is 0 Å². The fourth-order valence-corrected chi connectivity index (χ4v) is 3.65. The van der Waals surface area contributed by atoms with Crippen LogP contribution in [0.3, 0.4) is 0 Å². The predicted molar refractivity (Wildman–Crippen MR) is 106 cm³/mol. The van der Waals surface area contributed by atoms with Crippen molar-refractivity contribution in [2.24, 2.45) is 0 Å². The van der Waals surface area contributed by atoms with E-state index in [1.165, 1.54) is 12.2 Å². The number of carbonyl (C=O) groups excluding carboxylic acids is 3. The third-order valence-electron chi connectivity index (χ3n) is 5.38. The molecule has 2 fully saturated rings. The standard InChI is InChI=1S/C20H32N4O4/c1-5-17(25)21-10-12-24(20(28)14-21)16(4)7-6-8-18(26)22-9-11-23(15(2)3)19(27)13-22/h5-6,8,15-16,20,28H,1,7,9-14H2,2-4H3/b8-6+. The Morgan fingerprint density at radius 3 is 2.39 bits per heavy atom. The first-order valence-corrected chi connectivity index (χ1v) is 9.84. The zero-order chi connectivity index (χ0) is 20.8. The highest BCUT2D eigenvalue weighted by atomic mass is 16.3. The number of β-amino-alcohol motifs (C(OH)–C–C–N with tert-alkyl or cyclic N) is 1. The highest BCUT2D eigenvalue weighted by molar-refractivity contribution is 5.92. The van der Waals surface area contributed by atoms with Crippen molar-refractivity contribution in [3.8, 4) is 0 Å². The molecule has 2 atom stereocenters. The first kappa shape index (κ1) is 22.1. The molecule has 2 rings (SSSR count). The van der Waals surface area contributed by atoms with E-state index in [1.54, 1.807) is 20.8 Å². The summed E-state index contributed by atoms with van der Waals surface area (Å²) in [5.41, 5.74) is 0. The molecule has 3 amide bonds. The Labute approximate surface area is 167 Å². The summed E-state index contributed by atoms with van der Waals surface area (Å²) >= 11 is 0. The average Bonchev–Trinajstić information content (AvgIpc) is 2.66. The third kappa shape index (κ3) is 5.42. The van der Waals surface area contributed by atoms with E-state index in [4.69, 9.17) is 0 Å². The predicted octanol–water partition coefficient (Wildman–Crippen LogP) is 0.0490. The van der Waals surface area contributed by atoms with Crippen LogP contribution in [0.15, 0.2) is 24.8 Å². The summed E-state index contributed by atoms with van der Waals surface area (Å²) in [6.45, 7) is 12.0. The number of aliphatic hydroxyl groups excluding tert-OH is 1. The summed E-state index contributed by atoms with van der Waals surface area (Å²) in [7, 11) is 0. The Morgan fingerprint density at radius 2 is 1.82 bits per heavy atom. The second kappa shape index (κ2) is 9.84. The molecule has 8 heteroatoms. The largest absolute Gasteiger partial charge is 0.376 e.